The van der Waals surface area contributed by atoms with Gasteiger partial charge in [0.25, 0.3) is 0 Å². The van der Waals surface area contributed by atoms with E-state index in [-0.39, 0.29) is 10.7 Å². The van der Waals surface area contributed by atoms with Crippen molar-refractivity contribution < 1.29 is 14.6 Å². The smallest absolute Gasteiger partial charge is 0.323 e. The first-order valence-corrected chi connectivity index (χ1v) is 10.4. The van der Waals surface area contributed by atoms with Crippen LogP contribution in [0.4, 0.5) is 10.5 Å². The molecule has 2 aromatic rings. The van der Waals surface area contributed by atoms with E-state index in [1.54, 1.807) is 30.3 Å². The van der Waals surface area contributed by atoms with E-state index in [0.717, 1.165) is 4.90 Å². The lowest BCUT2D eigenvalue weighted by Gasteiger charge is -2.36. The number of hydrogen-bond acceptors (Lipinski definition) is 3. The van der Waals surface area contributed by atoms with E-state index >= 15 is 0 Å². The van der Waals surface area contributed by atoms with Gasteiger partial charge in [-0.25, -0.2) is 4.79 Å². The summed E-state index contributed by atoms with van der Waals surface area (Å²) < 4.78 is 1.11. The predicted molar refractivity (Wildman–Crippen MR) is 120 cm³/mol. The topological polar surface area (TPSA) is 61.8 Å². The van der Waals surface area contributed by atoms with Gasteiger partial charge in [-0.15, -0.1) is 0 Å². The number of carbonyl (C=O) groups is 1. The molecule has 2 rings (SSSR count). The highest BCUT2D eigenvalue weighted by Crippen LogP contribution is 2.48. The first-order valence-electron chi connectivity index (χ1n) is 7.72. The van der Waals surface area contributed by atoms with Crippen molar-refractivity contribution in [3.05, 3.63) is 52.5 Å². The highest BCUT2D eigenvalue weighted by Gasteiger charge is 2.53. The lowest BCUT2D eigenvalue weighted by Crippen LogP contribution is -2.54. The molecule has 0 aliphatic carbocycles. The molecule has 0 radical (unpaired) electrons. The van der Waals surface area contributed by atoms with Gasteiger partial charge in [0.1, 0.15) is 11.5 Å². The normalized spacial score (nSPS) is 13.0. The Balaban J connectivity index is 2.09. The number of ether oxygens (including phenoxy) is 1. The van der Waals surface area contributed by atoms with Crippen molar-refractivity contribution >= 4 is 92.9 Å². The largest absolute Gasteiger partial charge is 0.457 e. The number of aliphatic hydroxyl groups excluding tert-OH is 1. The van der Waals surface area contributed by atoms with Crippen molar-refractivity contribution in [2.24, 2.45) is 0 Å². The molecule has 2 amide bonds. The van der Waals surface area contributed by atoms with Gasteiger partial charge in [0, 0.05) is 18.1 Å². The molecule has 0 fully saturated rings. The van der Waals surface area contributed by atoms with Gasteiger partial charge < -0.3 is 15.2 Å². The quantitative estimate of drug-likeness (QED) is 0.313. The Labute approximate surface area is 202 Å². The second kappa shape index (κ2) is 9.75. The van der Waals surface area contributed by atoms with Crippen molar-refractivity contribution in [2.45, 2.75) is 14.4 Å². The Morgan fingerprint density at radius 1 is 1.03 bits per heavy atom. The highest BCUT2D eigenvalue weighted by atomic mass is 35.6. The molecule has 158 valence electrons. The van der Waals surface area contributed by atoms with E-state index < -0.39 is 20.4 Å². The fraction of sp³-hybridized carbons (Fsp3) is 0.235. The third kappa shape index (κ3) is 6.25. The maximum Gasteiger partial charge on any atom is 0.323 e. The Bertz CT molecular complexity index is 872. The lowest BCUT2D eigenvalue weighted by atomic mass is 10.3. The van der Waals surface area contributed by atoms with E-state index in [0.29, 0.717) is 16.5 Å². The Morgan fingerprint density at radius 2 is 1.59 bits per heavy atom. The molecular formula is C17H13Cl7N2O3. The predicted octanol–water partition coefficient (Wildman–Crippen LogP) is 7.11. The first kappa shape index (κ1) is 24.8. The number of aliphatic hydroxyl groups is 1. The number of hydrogen-bond donors (Lipinski definition) is 2. The zero-order valence-electron chi connectivity index (χ0n) is 14.5. The second-order valence-electron chi connectivity index (χ2n) is 5.73. The maximum absolute atomic E-state index is 12.4. The molecule has 0 saturated carbocycles. The van der Waals surface area contributed by atoms with E-state index in [1.165, 1.54) is 19.2 Å². The van der Waals surface area contributed by atoms with Crippen molar-refractivity contribution in [3.63, 3.8) is 0 Å². The molecule has 0 bridgehead atoms. The number of nitrogens with zero attached hydrogens (tertiary/aromatic N) is 1. The summed E-state index contributed by atoms with van der Waals surface area (Å²) in [6, 6.07) is 10.5. The zero-order valence-corrected chi connectivity index (χ0v) is 19.8. The molecule has 5 nitrogen and oxygen atoms in total. The van der Waals surface area contributed by atoms with Crippen LogP contribution in [0.2, 0.25) is 10.0 Å². The highest BCUT2D eigenvalue weighted by molar-refractivity contribution is 6.75. The van der Waals surface area contributed by atoms with Crippen molar-refractivity contribution in [3.8, 4) is 11.5 Å². The van der Waals surface area contributed by atoms with Crippen LogP contribution in [0.3, 0.4) is 0 Å². The van der Waals surface area contributed by atoms with Crippen LogP contribution in [0.1, 0.15) is 0 Å². The van der Waals surface area contributed by atoms with E-state index in [1.807, 2.05) is 0 Å². The Morgan fingerprint density at radius 3 is 2.10 bits per heavy atom. The summed E-state index contributed by atoms with van der Waals surface area (Å²) >= 11 is 40.8. The number of halogens is 7. The van der Waals surface area contributed by atoms with E-state index in [4.69, 9.17) is 85.9 Å². The van der Waals surface area contributed by atoms with Crippen LogP contribution in [0.5, 0.6) is 11.5 Å². The fourth-order valence-corrected chi connectivity index (χ4v) is 2.93. The van der Waals surface area contributed by atoms with Crippen LogP contribution in [0.25, 0.3) is 0 Å². The summed E-state index contributed by atoms with van der Waals surface area (Å²) in [6.45, 7) is 0. The summed E-state index contributed by atoms with van der Waals surface area (Å²) in [4.78, 5) is 13.2. The Hall–Kier alpha value is -0.500. The van der Waals surface area contributed by atoms with Crippen molar-refractivity contribution in [2.75, 3.05) is 12.4 Å². The number of alkyl halides is 5. The van der Waals surface area contributed by atoms with Crippen molar-refractivity contribution in [1.29, 1.82) is 0 Å². The van der Waals surface area contributed by atoms with Gasteiger partial charge in [0.15, 0.2) is 6.23 Å². The third-order valence-corrected chi connectivity index (χ3v) is 6.62. The number of urea groups is 1. The average Bonchev–Trinajstić information content (AvgIpc) is 2.63. The summed E-state index contributed by atoms with van der Waals surface area (Å²) in [5.41, 5.74) is 0.239. The minimum atomic E-state index is -2.29. The second-order valence-corrected chi connectivity index (χ2v) is 10.2. The molecule has 2 N–H and O–H groups in total. The molecule has 1 atom stereocenters. The van der Waals surface area contributed by atoms with Crippen LogP contribution >= 0.6 is 81.2 Å². The van der Waals surface area contributed by atoms with Crippen LogP contribution in [0.15, 0.2) is 42.5 Å². The van der Waals surface area contributed by atoms with Crippen LogP contribution in [0, 0.1) is 0 Å². The summed E-state index contributed by atoms with van der Waals surface area (Å²) in [6.07, 6.45) is -1.84. The molecule has 0 aliphatic rings. The molecule has 0 heterocycles. The number of nitrogens with one attached hydrogen (secondary N) is 1. The molecule has 0 aliphatic heterocycles. The van der Waals surface area contributed by atoms with Crippen LogP contribution < -0.4 is 10.1 Å². The van der Waals surface area contributed by atoms with E-state index in [2.05, 4.69) is 5.32 Å². The monoisotopic (exact) mass is 538 g/mol. The van der Waals surface area contributed by atoms with E-state index in [9.17, 15) is 9.90 Å². The molecule has 2 aromatic carbocycles. The molecule has 0 saturated heterocycles. The lowest BCUT2D eigenvalue weighted by molar-refractivity contribution is 0.0383. The van der Waals surface area contributed by atoms with Gasteiger partial charge >= 0.3 is 6.03 Å². The first-order chi connectivity index (χ1) is 13.3. The number of rotatable bonds is 5. The van der Waals surface area contributed by atoms with Crippen molar-refractivity contribution in [1.82, 2.24) is 4.90 Å². The SMILES string of the molecule is CN(C(=O)Nc1ccc(Oc2ccc(Cl)cc2)cc1Cl)C(O)C(Cl)(Cl)C(Cl)(Cl)Cl. The average molecular weight is 541 g/mol. The molecular weight excluding hydrogens is 528 g/mol. The molecule has 29 heavy (non-hydrogen) atoms. The fourth-order valence-electron chi connectivity index (χ4n) is 2.00. The van der Waals surface area contributed by atoms with Gasteiger partial charge in [-0.1, -0.05) is 81.2 Å². The van der Waals surface area contributed by atoms with Gasteiger partial charge in [-0.3, -0.25) is 4.90 Å². The minimum Gasteiger partial charge on any atom is -0.457 e. The number of anilines is 1. The standard InChI is InChI=1S/C17H13Cl7N2O3/c1-26(14(27)16(20,21)17(22,23)24)15(28)25-13-7-6-11(8-12(13)19)29-10-4-2-9(18)3-5-10/h2-8,14,27H,1H3,(H,25,28). The van der Waals surface area contributed by atoms with Gasteiger partial charge in [-0.05, 0) is 36.4 Å². The Kier molecular flexibility index (Phi) is 8.33. The third-order valence-electron chi connectivity index (χ3n) is 3.62. The van der Waals surface area contributed by atoms with Crippen LogP contribution in [-0.4, -0.2) is 37.4 Å². The van der Waals surface area contributed by atoms with Gasteiger partial charge in [-0.2, -0.15) is 0 Å². The number of benzene rings is 2. The molecule has 0 aromatic heterocycles. The summed E-state index contributed by atoms with van der Waals surface area (Å²) in [5, 5.41) is 13.5. The van der Waals surface area contributed by atoms with Gasteiger partial charge in [0.05, 0.1) is 10.7 Å². The number of amides is 2. The maximum atomic E-state index is 12.4. The summed E-state index contributed by atoms with van der Waals surface area (Å²) in [7, 11) is 1.21. The minimum absolute atomic E-state index is 0.178. The molecule has 1 unspecified atom stereocenters. The van der Waals surface area contributed by atoms with Crippen LogP contribution in [-0.2, 0) is 0 Å². The molecule has 0 spiro atoms. The molecule has 12 heteroatoms. The summed E-state index contributed by atoms with van der Waals surface area (Å²) in [5.74, 6) is 0.984. The van der Waals surface area contributed by atoms with Gasteiger partial charge in [0.2, 0.25) is 8.13 Å². The number of carbonyl (C=O) groups excluding carboxylic acids is 1. The zero-order chi connectivity index (χ0) is 22.0.